The Bertz CT molecular complexity index is 531. The summed E-state index contributed by atoms with van der Waals surface area (Å²) in [6, 6.07) is 3.89. The van der Waals surface area contributed by atoms with Gasteiger partial charge in [0.25, 0.3) is 5.91 Å². The Labute approximate surface area is 124 Å². The van der Waals surface area contributed by atoms with Gasteiger partial charge in [-0.1, -0.05) is 6.92 Å². The van der Waals surface area contributed by atoms with Gasteiger partial charge in [-0.15, -0.1) is 0 Å². The fourth-order valence-corrected chi connectivity index (χ4v) is 2.88. The third-order valence-electron chi connectivity index (χ3n) is 3.40. The van der Waals surface area contributed by atoms with Crippen LogP contribution in [0.15, 0.2) is 18.2 Å². The molecule has 1 aromatic carbocycles. The molecule has 102 valence electrons. The van der Waals surface area contributed by atoms with Crippen molar-refractivity contribution in [1.82, 2.24) is 4.90 Å². The van der Waals surface area contributed by atoms with Gasteiger partial charge < -0.3 is 15.1 Å². The first-order valence-electron chi connectivity index (χ1n) is 5.94. The van der Waals surface area contributed by atoms with Gasteiger partial charge in [-0.25, -0.2) is 4.79 Å². The quantitative estimate of drug-likeness (QED) is 0.775. The van der Waals surface area contributed by atoms with Crippen LogP contribution < -0.4 is 0 Å². The fourth-order valence-electron chi connectivity index (χ4n) is 2.39. The lowest BCUT2D eigenvalue weighted by Crippen LogP contribution is -2.42. The first-order valence-corrected chi connectivity index (χ1v) is 7.02. The summed E-state index contributed by atoms with van der Waals surface area (Å²) in [7, 11) is 0. The number of benzene rings is 1. The number of carboxylic acid groups (broad SMARTS) is 1. The molecule has 1 aliphatic rings. The zero-order valence-corrected chi connectivity index (χ0v) is 12.5. The number of aromatic hydroxyl groups is 1. The number of carboxylic acids is 1. The minimum Gasteiger partial charge on any atom is -0.507 e. The molecule has 2 rings (SSSR count). The number of phenolic OH excluding ortho intramolecular Hbond substituents is 1. The Morgan fingerprint density at radius 2 is 2.11 bits per heavy atom. The summed E-state index contributed by atoms with van der Waals surface area (Å²) in [5.74, 6) is -1.61. The molecule has 0 saturated carbocycles. The van der Waals surface area contributed by atoms with Crippen molar-refractivity contribution in [1.29, 1.82) is 0 Å². The van der Waals surface area contributed by atoms with Gasteiger partial charge in [-0.05, 0) is 53.1 Å². The van der Waals surface area contributed by atoms with Gasteiger partial charge in [0.15, 0.2) is 0 Å². The van der Waals surface area contributed by atoms with Crippen molar-refractivity contribution in [2.75, 3.05) is 6.54 Å². The molecule has 2 unspecified atom stereocenters. The number of halogens is 1. The van der Waals surface area contributed by atoms with E-state index in [1.54, 1.807) is 12.1 Å². The second-order valence-corrected chi connectivity index (χ2v) is 5.95. The van der Waals surface area contributed by atoms with Crippen LogP contribution in [0.3, 0.4) is 0 Å². The molecule has 0 aromatic heterocycles. The second kappa shape index (κ2) is 5.36. The maximum atomic E-state index is 12.4. The van der Waals surface area contributed by atoms with E-state index < -0.39 is 17.9 Å². The highest BCUT2D eigenvalue weighted by atomic mass is 127. The third kappa shape index (κ3) is 2.68. The molecule has 1 fully saturated rings. The van der Waals surface area contributed by atoms with Crippen molar-refractivity contribution >= 4 is 34.5 Å². The summed E-state index contributed by atoms with van der Waals surface area (Å²) in [6.45, 7) is 2.22. The Morgan fingerprint density at radius 1 is 1.42 bits per heavy atom. The summed E-state index contributed by atoms with van der Waals surface area (Å²) in [4.78, 5) is 25.0. The van der Waals surface area contributed by atoms with Crippen molar-refractivity contribution < 1.29 is 19.8 Å². The van der Waals surface area contributed by atoms with Crippen molar-refractivity contribution in [2.45, 2.75) is 19.4 Å². The number of nitrogens with zero attached hydrogens (tertiary/aromatic N) is 1. The standard InChI is InChI=1S/C13H14INO4/c1-7-4-5-15(11(7)13(18)19)12(17)9-6-8(14)2-3-10(9)16/h2-3,6-7,11,16H,4-5H2,1H3,(H,18,19). The maximum Gasteiger partial charge on any atom is 0.326 e. The van der Waals surface area contributed by atoms with Crippen LogP contribution >= 0.6 is 22.6 Å². The zero-order chi connectivity index (χ0) is 14.2. The number of likely N-dealkylation sites (tertiary alicyclic amines) is 1. The maximum absolute atomic E-state index is 12.4. The number of amides is 1. The fraction of sp³-hybridized carbons (Fsp3) is 0.385. The smallest absolute Gasteiger partial charge is 0.326 e. The van der Waals surface area contributed by atoms with Crippen LogP contribution in [-0.2, 0) is 4.79 Å². The van der Waals surface area contributed by atoms with Gasteiger partial charge >= 0.3 is 5.97 Å². The van der Waals surface area contributed by atoms with E-state index >= 15 is 0 Å². The highest BCUT2D eigenvalue weighted by molar-refractivity contribution is 14.1. The number of phenols is 1. The Balaban J connectivity index is 2.33. The highest BCUT2D eigenvalue weighted by Crippen LogP contribution is 2.29. The van der Waals surface area contributed by atoms with Crippen LogP contribution in [0.4, 0.5) is 0 Å². The van der Waals surface area contributed by atoms with Gasteiger partial charge in [0.05, 0.1) is 5.56 Å². The lowest BCUT2D eigenvalue weighted by Gasteiger charge is -2.23. The molecule has 0 aliphatic carbocycles. The van der Waals surface area contributed by atoms with Gasteiger partial charge in [0.2, 0.25) is 0 Å². The average molecular weight is 375 g/mol. The monoisotopic (exact) mass is 375 g/mol. The predicted octanol–water partition coefficient (Wildman–Crippen LogP) is 1.93. The zero-order valence-electron chi connectivity index (χ0n) is 10.3. The second-order valence-electron chi connectivity index (χ2n) is 4.71. The summed E-state index contributed by atoms with van der Waals surface area (Å²) in [6.07, 6.45) is 0.660. The molecule has 5 nitrogen and oxygen atoms in total. The highest BCUT2D eigenvalue weighted by Gasteiger charge is 2.40. The van der Waals surface area contributed by atoms with Crippen LogP contribution in [-0.4, -0.2) is 39.6 Å². The number of hydrogen-bond donors (Lipinski definition) is 2. The van der Waals surface area contributed by atoms with Crippen molar-refractivity contribution in [3.05, 3.63) is 27.3 Å². The lowest BCUT2D eigenvalue weighted by atomic mass is 10.0. The van der Waals surface area contributed by atoms with Crippen LogP contribution in [0, 0.1) is 9.49 Å². The first kappa shape index (κ1) is 14.1. The largest absolute Gasteiger partial charge is 0.507 e. The van der Waals surface area contributed by atoms with Gasteiger partial charge in [0.1, 0.15) is 11.8 Å². The molecule has 1 aromatic rings. The molecule has 6 heteroatoms. The number of hydrogen-bond acceptors (Lipinski definition) is 3. The first-order chi connectivity index (χ1) is 8.91. The van der Waals surface area contributed by atoms with Crippen LogP contribution in [0.5, 0.6) is 5.75 Å². The molecule has 19 heavy (non-hydrogen) atoms. The Morgan fingerprint density at radius 3 is 2.74 bits per heavy atom. The number of aliphatic carboxylic acids is 1. The topological polar surface area (TPSA) is 77.8 Å². The minimum atomic E-state index is -0.997. The Kier molecular flexibility index (Phi) is 3.98. The average Bonchev–Trinajstić information content (AvgIpc) is 2.73. The van der Waals surface area contributed by atoms with Crippen molar-refractivity contribution in [2.24, 2.45) is 5.92 Å². The molecular formula is C13H14INO4. The molecule has 1 aliphatic heterocycles. The summed E-state index contributed by atoms with van der Waals surface area (Å²) in [5, 5.41) is 19.0. The van der Waals surface area contributed by atoms with Gasteiger partial charge in [-0.3, -0.25) is 4.79 Å². The molecule has 0 spiro atoms. The van der Waals surface area contributed by atoms with Crippen molar-refractivity contribution in [3.63, 3.8) is 0 Å². The molecule has 1 heterocycles. The lowest BCUT2D eigenvalue weighted by molar-refractivity contribution is -0.142. The molecule has 2 atom stereocenters. The van der Waals surface area contributed by atoms with E-state index in [0.29, 0.717) is 13.0 Å². The predicted molar refractivity (Wildman–Crippen MR) is 77.1 cm³/mol. The van der Waals surface area contributed by atoms with Gasteiger partial charge in [0, 0.05) is 10.1 Å². The van der Waals surface area contributed by atoms with Crippen LogP contribution in [0.2, 0.25) is 0 Å². The van der Waals surface area contributed by atoms with E-state index in [-0.39, 0.29) is 17.2 Å². The summed E-state index contributed by atoms with van der Waals surface area (Å²) >= 11 is 2.04. The van der Waals surface area contributed by atoms with E-state index in [1.165, 1.54) is 11.0 Å². The molecule has 1 amide bonds. The minimum absolute atomic E-state index is 0.0774. The van der Waals surface area contributed by atoms with Crippen molar-refractivity contribution in [3.8, 4) is 5.75 Å². The molecule has 0 radical (unpaired) electrons. The summed E-state index contributed by atoms with van der Waals surface area (Å²) in [5.41, 5.74) is 0.159. The van der Waals surface area contributed by atoms with Gasteiger partial charge in [-0.2, -0.15) is 0 Å². The SMILES string of the molecule is CC1CCN(C(=O)c2cc(I)ccc2O)C1C(=O)O. The van der Waals surface area contributed by atoms with E-state index in [9.17, 15) is 19.8 Å². The number of carbonyl (C=O) groups is 2. The third-order valence-corrected chi connectivity index (χ3v) is 4.07. The van der Waals surface area contributed by atoms with Crippen LogP contribution in [0.25, 0.3) is 0 Å². The molecular weight excluding hydrogens is 361 g/mol. The number of rotatable bonds is 2. The normalized spacial score (nSPS) is 22.5. The van der Waals surface area contributed by atoms with E-state index in [1.807, 2.05) is 29.5 Å². The molecule has 1 saturated heterocycles. The van der Waals surface area contributed by atoms with E-state index in [4.69, 9.17) is 0 Å². The molecule has 0 bridgehead atoms. The van der Waals surface area contributed by atoms with E-state index in [0.717, 1.165) is 3.57 Å². The number of carbonyl (C=O) groups excluding carboxylic acids is 1. The molecule has 2 N–H and O–H groups in total. The van der Waals surface area contributed by atoms with Crippen LogP contribution in [0.1, 0.15) is 23.7 Å². The summed E-state index contributed by atoms with van der Waals surface area (Å²) < 4.78 is 0.817. The Hall–Kier alpha value is -1.31. The van der Waals surface area contributed by atoms with E-state index in [2.05, 4.69) is 0 Å².